The van der Waals surface area contributed by atoms with E-state index in [1.807, 2.05) is 12.1 Å². The average molecular weight is 264 g/mol. The van der Waals surface area contributed by atoms with Gasteiger partial charge < -0.3 is 4.90 Å². The second-order valence-corrected chi connectivity index (χ2v) is 5.83. The van der Waals surface area contributed by atoms with Gasteiger partial charge in [-0.1, -0.05) is 24.4 Å². The first-order chi connectivity index (χ1) is 8.79. The van der Waals surface area contributed by atoms with E-state index in [0.29, 0.717) is 16.6 Å². The molecule has 2 fully saturated rings. The SMILES string of the molecule is O=Cc1ccc(N2CCC3CCCCC32)c(Cl)c1. The molecule has 0 amide bonds. The van der Waals surface area contributed by atoms with E-state index in [9.17, 15) is 4.79 Å². The number of nitrogens with zero attached hydrogens (tertiary/aromatic N) is 1. The Kier molecular flexibility index (Phi) is 3.29. The lowest BCUT2D eigenvalue weighted by Crippen LogP contribution is -2.34. The topological polar surface area (TPSA) is 20.3 Å². The maximum atomic E-state index is 10.7. The standard InChI is InChI=1S/C15H18ClNO/c16-13-9-11(10-18)5-6-15(13)17-8-7-12-3-1-2-4-14(12)17/h5-6,9-10,12,14H,1-4,7-8H2. The van der Waals surface area contributed by atoms with Crippen molar-refractivity contribution >= 4 is 23.6 Å². The number of hydrogen-bond acceptors (Lipinski definition) is 2. The third-order valence-electron chi connectivity index (χ3n) is 4.43. The minimum atomic E-state index is 0.656. The van der Waals surface area contributed by atoms with Crippen LogP contribution in [0.25, 0.3) is 0 Å². The fourth-order valence-corrected chi connectivity index (χ4v) is 3.83. The Morgan fingerprint density at radius 2 is 2.06 bits per heavy atom. The molecule has 2 nitrogen and oxygen atoms in total. The maximum Gasteiger partial charge on any atom is 0.150 e. The molecule has 1 saturated heterocycles. The molecule has 3 rings (SSSR count). The van der Waals surface area contributed by atoms with Crippen molar-refractivity contribution in [2.75, 3.05) is 11.4 Å². The lowest BCUT2D eigenvalue weighted by Gasteiger charge is -2.33. The third-order valence-corrected chi connectivity index (χ3v) is 4.73. The molecular formula is C15H18ClNO. The van der Waals surface area contributed by atoms with Gasteiger partial charge in [-0.05, 0) is 43.4 Å². The summed E-state index contributed by atoms with van der Waals surface area (Å²) < 4.78 is 0. The number of carbonyl (C=O) groups is 1. The van der Waals surface area contributed by atoms with Crippen molar-refractivity contribution in [2.24, 2.45) is 5.92 Å². The molecule has 1 aliphatic carbocycles. The highest BCUT2D eigenvalue weighted by Crippen LogP contribution is 2.41. The fraction of sp³-hybridized carbons (Fsp3) is 0.533. The van der Waals surface area contributed by atoms with Gasteiger partial charge in [0.15, 0.2) is 0 Å². The molecule has 0 aromatic heterocycles. The van der Waals surface area contributed by atoms with Crippen LogP contribution < -0.4 is 4.90 Å². The quantitative estimate of drug-likeness (QED) is 0.754. The minimum Gasteiger partial charge on any atom is -0.367 e. The van der Waals surface area contributed by atoms with Crippen LogP contribution in [0.4, 0.5) is 5.69 Å². The summed E-state index contributed by atoms with van der Waals surface area (Å²) in [4.78, 5) is 13.2. The number of rotatable bonds is 2. The van der Waals surface area contributed by atoms with Crippen LogP contribution in [0.1, 0.15) is 42.5 Å². The molecule has 1 aliphatic heterocycles. The zero-order chi connectivity index (χ0) is 12.5. The van der Waals surface area contributed by atoms with Gasteiger partial charge in [0.05, 0.1) is 10.7 Å². The molecule has 1 saturated carbocycles. The van der Waals surface area contributed by atoms with Gasteiger partial charge >= 0.3 is 0 Å². The first-order valence-corrected chi connectivity index (χ1v) is 7.19. The Bertz CT molecular complexity index is 460. The number of aldehydes is 1. The minimum absolute atomic E-state index is 0.656. The molecule has 0 spiro atoms. The van der Waals surface area contributed by atoms with Crippen LogP contribution in [0.2, 0.25) is 5.02 Å². The molecule has 1 aromatic carbocycles. The summed E-state index contributed by atoms with van der Waals surface area (Å²) in [6.45, 7) is 1.11. The van der Waals surface area contributed by atoms with E-state index in [-0.39, 0.29) is 0 Å². The average Bonchev–Trinajstić information content (AvgIpc) is 2.82. The Hall–Kier alpha value is -1.02. The van der Waals surface area contributed by atoms with E-state index in [1.54, 1.807) is 6.07 Å². The Labute approximate surface area is 113 Å². The first kappa shape index (κ1) is 12.0. The van der Waals surface area contributed by atoms with Gasteiger partial charge in [0, 0.05) is 18.2 Å². The number of halogens is 1. The van der Waals surface area contributed by atoms with Crippen molar-refractivity contribution < 1.29 is 4.79 Å². The third kappa shape index (κ3) is 2.03. The van der Waals surface area contributed by atoms with Crippen molar-refractivity contribution in [1.82, 2.24) is 0 Å². The van der Waals surface area contributed by atoms with Crippen LogP contribution in [-0.4, -0.2) is 18.9 Å². The van der Waals surface area contributed by atoms with Gasteiger partial charge in [-0.3, -0.25) is 4.79 Å². The lowest BCUT2D eigenvalue weighted by molar-refractivity contribution is 0.112. The summed E-state index contributed by atoms with van der Waals surface area (Å²) in [6.07, 6.45) is 7.51. The van der Waals surface area contributed by atoms with E-state index in [2.05, 4.69) is 4.90 Å². The van der Waals surface area contributed by atoms with Crippen LogP contribution in [0.5, 0.6) is 0 Å². The van der Waals surface area contributed by atoms with E-state index in [1.165, 1.54) is 32.1 Å². The van der Waals surface area contributed by atoms with E-state index in [0.717, 1.165) is 24.4 Å². The van der Waals surface area contributed by atoms with Crippen molar-refractivity contribution in [3.8, 4) is 0 Å². The molecular weight excluding hydrogens is 246 g/mol. The molecule has 0 N–H and O–H groups in total. The molecule has 96 valence electrons. The maximum absolute atomic E-state index is 10.7. The summed E-state index contributed by atoms with van der Waals surface area (Å²) in [6, 6.07) is 6.31. The zero-order valence-corrected chi connectivity index (χ0v) is 11.2. The Morgan fingerprint density at radius 1 is 1.22 bits per heavy atom. The largest absolute Gasteiger partial charge is 0.367 e. The summed E-state index contributed by atoms with van der Waals surface area (Å²) in [5.74, 6) is 0.848. The van der Waals surface area contributed by atoms with Gasteiger partial charge in [-0.2, -0.15) is 0 Å². The van der Waals surface area contributed by atoms with E-state index >= 15 is 0 Å². The van der Waals surface area contributed by atoms with Gasteiger partial charge in [-0.25, -0.2) is 0 Å². The number of hydrogen-bond donors (Lipinski definition) is 0. The molecule has 2 aliphatic rings. The molecule has 0 radical (unpaired) electrons. The van der Waals surface area contributed by atoms with Gasteiger partial charge in [0.2, 0.25) is 0 Å². The lowest BCUT2D eigenvalue weighted by atomic mass is 9.85. The number of fused-ring (bicyclic) bond motifs is 1. The molecule has 18 heavy (non-hydrogen) atoms. The molecule has 0 bridgehead atoms. The second kappa shape index (κ2) is 4.93. The molecule has 1 aromatic rings. The van der Waals surface area contributed by atoms with Crippen molar-refractivity contribution in [3.63, 3.8) is 0 Å². The number of anilines is 1. The summed E-state index contributed by atoms with van der Waals surface area (Å²) >= 11 is 6.32. The van der Waals surface area contributed by atoms with Crippen LogP contribution in [0.15, 0.2) is 18.2 Å². The normalized spacial score (nSPS) is 27.1. The highest BCUT2D eigenvalue weighted by atomic mass is 35.5. The molecule has 2 unspecified atom stereocenters. The predicted molar refractivity (Wildman–Crippen MR) is 74.5 cm³/mol. The summed E-state index contributed by atoms with van der Waals surface area (Å²) in [7, 11) is 0. The van der Waals surface area contributed by atoms with Crippen LogP contribution in [-0.2, 0) is 0 Å². The zero-order valence-electron chi connectivity index (χ0n) is 10.4. The van der Waals surface area contributed by atoms with Crippen LogP contribution in [0.3, 0.4) is 0 Å². The van der Waals surface area contributed by atoms with Gasteiger partial charge in [-0.15, -0.1) is 0 Å². The van der Waals surface area contributed by atoms with Crippen molar-refractivity contribution in [2.45, 2.75) is 38.1 Å². The fourth-order valence-electron chi connectivity index (χ4n) is 3.53. The molecule has 1 heterocycles. The second-order valence-electron chi connectivity index (χ2n) is 5.42. The van der Waals surface area contributed by atoms with Crippen LogP contribution >= 0.6 is 11.6 Å². The first-order valence-electron chi connectivity index (χ1n) is 6.81. The molecule has 2 atom stereocenters. The smallest absolute Gasteiger partial charge is 0.150 e. The van der Waals surface area contributed by atoms with Gasteiger partial charge in [0.1, 0.15) is 6.29 Å². The highest BCUT2D eigenvalue weighted by molar-refractivity contribution is 6.33. The monoisotopic (exact) mass is 263 g/mol. The highest BCUT2D eigenvalue weighted by Gasteiger charge is 2.36. The van der Waals surface area contributed by atoms with Gasteiger partial charge in [0.25, 0.3) is 0 Å². The Morgan fingerprint density at radius 3 is 2.83 bits per heavy atom. The van der Waals surface area contributed by atoms with Crippen molar-refractivity contribution in [1.29, 1.82) is 0 Å². The van der Waals surface area contributed by atoms with E-state index < -0.39 is 0 Å². The molecule has 3 heteroatoms. The number of benzene rings is 1. The Balaban J connectivity index is 1.88. The summed E-state index contributed by atoms with van der Waals surface area (Å²) in [5, 5.41) is 0.714. The van der Waals surface area contributed by atoms with Crippen molar-refractivity contribution in [3.05, 3.63) is 28.8 Å². The van der Waals surface area contributed by atoms with E-state index in [4.69, 9.17) is 11.6 Å². The number of carbonyl (C=O) groups excluding carboxylic acids is 1. The summed E-state index contributed by atoms with van der Waals surface area (Å²) in [5.41, 5.74) is 1.76. The predicted octanol–water partition coefficient (Wildman–Crippen LogP) is 3.92. The van der Waals surface area contributed by atoms with Crippen LogP contribution in [0, 0.1) is 5.92 Å².